The van der Waals surface area contributed by atoms with Gasteiger partial charge in [-0.1, -0.05) is 39.0 Å². The van der Waals surface area contributed by atoms with Gasteiger partial charge in [0.15, 0.2) is 0 Å². The summed E-state index contributed by atoms with van der Waals surface area (Å²) in [6.45, 7) is 5.92. The van der Waals surface area contributed by atoms with E-state index in [2.05, 4.69) is 4.98 Å². The summed E-state index contributed by atoms with van der Waals surface area (Å²) in [5.74, 6) is 0.298. The number of nitrogens with zero attached hydrogens (tertiary/aromatic N) is 3. The highest BCUT2D eigenvalue weighted by Gasteiger charge is 2.40. The van der Waals surface area contributed by atoms with Crippen molar-refractivity contribution < 1.29 is 26.3 Å². The number of para-hydroxylation sites is 1. The average Bonchev–Trinajstić information content (AvgIpc) is 3.17. The van der Waals surface area contributed by atoms with Gasteiger partial charge in [0, 0.05) is 29.4 Å². The molecule has 0 amide bonds. The predicted molar refractivity (Wildman–Crippen MR) is 115 cm³/mol. The van der Waals surface area contributed by atoms with Crippen molar-refractivity contribution in [3.63, 3.8) is 0 Å². The lowest BCUT2D eigenvalue weighted by Crippen LogP contribution is -2.34. The zero-order valence-electron chi connectivity index (χ0n) is 18.1. The molecule has 0 aliphatic carbocycles. The molecule has 9 heteroatoms. The van der Waals surface area contributed by atoms with Gasteiger partial charge in [-0.3, -0.25) is 9.98 Å². The van der Waals surface area contributed by atoms with E-state index in [1.54, 1.807) is 24.4 Å². The van der Waals surface area contributed by atoms with E-state index in [0.717, 1.165) is 17.5 Å². The number of anilines is 1. The third kappa shape index (κ3) is 4.54. The predicted octanol–water partition coefficient (Wildman–Crippen LogP) is 6.95. The van der Waals surface area contributed by atoms with Crippen molar-refractivity contribution in [2.24, 2.45) is 10.4 Å². The summed E-state index contributed by atoms with van der Waals surface area (Å²) in [6.07, 6.45) is -8.28. The molecule has 3 aromatic rings. The number of aliphatic imine (C=N–C) groups is 1. The Balaban J connectivity index is 1.93. The maximum Gasteiger partial charge on any atom is 0.416 e. The number of halogens is 6. The van der Waals surface area contributed by atoms with Crippen molar-refractivity contribution in [1.29, 1.82) is 0 Å². The zero-order valence-corrected chi connectivity index (χ0v) is 18.1. The van der Waals surface area contributed by atoms with E-state index in [0.29, 0.717) is 16.9 Å². The minimum absolute atomic E-state index is 0.136. The van der Waals surface area contributed by atoms with Crippen molar-refractivity contribution in [1.82, 2.24) is 4.98 Å². The van der Waals surface area contributed by atoms with Crippen LogP contribution in [0.2, 0.25) is 0 Å². The molecular weight excluding hydrogens is 444 g/mol. The van der Waals surface area contributed by atoms with Gasteiger partial charge in [-0.2, -0.15) is 26.3 Å². The number of amidine groups is 1. The van der Waals surface area contributed by atoms with Crippen LogP contribution >= 0.6 is 0 Å². The average molecular weight is 465 g/mol. The number of hydrogen-bond acceptors (Lipinski definition) is 3. The summed E-state index contributed by atoms with van der Waals surface area (Å²) < 4.78 is 80.9. The molecule has 1 aliphatic rings. The summed E-state index contributed by atoms with van der Waals surface area (Å²) in [7, 11) is 0. The molecule has 0 N–H and O–H groups in total. The van der Waals surface area contributed by atoms with Gasteiger partial charge < -0.3 is 4.90 Å². The number of benzene rings is 2. The summed E-state index contributed by atoms with van der Waals surface area (Å²) in [4.78, 5) is 10.6. The Morgan fingerprint density at radius 3 is 2.03 bits per heavy atom. The minimum Gasteiger partial charge on any atom is -0.324 e. The van der Waals surface area contributed by atoms with Crippen LogP contribution in [0.3, 0.4) is 0 Å². The molecule has 1 atom stereocenters. The number of pyridine rings is 1. The fourth-order valence-corrected chi connectivity index (χ4v) is 3.81. The van der Waals surface area contributed by atoms with Crippen LogP contribution < -0.4 is 4.90 Å². The fraction of sp³-hybridized carbons (Fsp3) is 0.333. The molecule has 1 aliphatic heterocycles. The van der Waals surface area contributed by atoms with Gasteiger partial charge >= 0.3 is 12.4 Å². The number of alkyl halides is 6. The molecule has 4 rings (SSSR count). The van der Waals surface area contributed by atoms with Gasteiger partial charge in [-0.15, -0.1) is 0 Å². The molecule has 0 saturated carbocycles. The molecule has 33 heavy (non-hydrogen) atoms. The first-order valence-electron chi connectivity index (χ1n) is 10.2. The number of rotatable bonds is 2. The SMILES string of the molecule is CC(C)(C)[C@H]1CN(c2cc(C(F)(F)F)cc(C(F)(F)F)c2)C(c2cccc3cccnc23)=N1. The van der Waals surface area contributed by atoms with E-state index in [-0.39, 0.29) is 29.8 Å². The molecule has 0 unspecified atom stereocenters. The first-order chi connectivity index (χ1) is 15.2. The topological polar surface area (TPSA) is 28.5 Å². The van der Waals surface area contributed by atoms with E-state index in [9.17, 15) is 26.3 Å². The maximum absolute atomic E-state index is 13.5. The smallest absolute Gasteiger partial charge is 0.324 e. The molecule has 0 spiro atoms. The van der Waals surface area contributed by atoms with Crippen LogP contribution in [0.1, 0.15) is 37.5 Å². The highest BCUT2D eigenvalue weighted by molar-refractivity contribution is 6.17. The Kier molecular flexibility index (Phi) is 5.41. The van der Waals surface area contributed by atoms with Crippen molar-refractivity contribution >= 4 is 22.4 Å². The normalized spacial score (nSPS) is 17.5. The lowest BCUT2D eigenvalue weighted by Gasteiger charge is -2.27. The fourth-order valence-electron chi connectivity index (χ4n) is 3.81. The quantitative estimate of drug-likeness (QED) is 0.383. The van der Waals surface area contributed by atoms with Gasteiger partial charge in [0.2, 0.25) is 0 Å². The first-order valence-corrected chi connectivity index (χ1v) is 10.2. The Labute approximate surface area is 186 Å². The van der Waals surface area contributed by atoms with Crippen LogP contribution in [0, 0.1) is 5.41 Å². The third-order valence-electron chi connectivity index (χ3n) is 5.65. The molecule has 0 bridgehead atoms. The molecule has 3 nitrogen and oxygen atoms in total. The highest BCUT2D eigenvalue weighted by Crippen LogP contribution is 2.40. The summed E-state index contributed by atoms with van der Waals surface area (Å²) in [6, 6.07) is 10.2. The lowest BCUT2D eigenvalue weighted by atomic mass is 9.87. The van der Waals surface area contributed by atoms with Crippen molar-refractivity contribution in [3.05, 3.63) is 71.4 Å². The molecule has 174 valence electrons. The Morgan fingerprint density at radius 2 is 1.45 bits per heavy atom. The Morgan fingerprint density at radius 1 is 0.848 bits per heavy atom. The second-order valence-electron chi connectivity index (χ2n) is 9.09. The molecule has 0 saturated heterocycles. The van der Waals surface area contributed by atoms with Crippen molar-refractivity contribution in [2.45, 2.75) is 39.2 Å². The van der Waals surface area contributed by atoms with Crippen molar-refractivity contribution in [3.8, 4) is 0 Å². The van der Waals surface area contributed by atoms with E-state index >= 15 is 0 Å². The van der Waals surface area contributed by atoms with Crippen LogP contribution in [0.4, 0.5) is 32.0 Å². The molecular formula is C24H21F6N3. The number of hydrogen-bond donors (Lipinski definition) is 0. The highest BCUT2D eigenvalue weighted by atomic mass is 19.4. The van der Waals surface area contributed by atoms with E-state index in [4.69, 9.17) is 4.99 Å². The van der Waals surface area contributed by atoms with Crippen LogP contribution in [-0.2, 0) is 12.4 Å². The monoisotopic (exact) mass is 465 g/mol. The first kappa shape index (κ1) is 23.1. The second-order valence-corrected chi connectivity index (χ2v) is 9.09. The number of fused-ring (bicyclic) bond motifs is 1. The van der Waals surface area contributed by atoms with E-state index in [1.807, 2.05) is 32.9 Å². The summed E-state index contributed by atoms with van der Waals surface area (Å²) >= 11 is 0. The molecule has 2 aromatic carbocycles. The Hall–Kier alpha value is -3.10. The second kappa shape index (κ2) is 7.74. The summed E-state index contributed by atoms with van der Waals surface area (Å²) in [5, 5.41) is 0.789. The van der Waals surface area contributed by atoms with Crippen molar-refractivity contribution in [2.75, 3.05) is 11.4 Å². The summed E-state index contributed by atoms with van der Waals surface area (Å²) in [5.41, 5.74) is -2.18. The molecule has 0 radical (unpaired) electrons. The molecule has 1 aromatic heterocycles. The van der Waals surface area contributed by atoms with Gasteiger partial charge in [0.1, 0.15) is 5.84 Å². The minimum atomic E-state index is -4.93. The number of aromatic nitrogens is 1. The zero-order chi connectivity index (χ0) is 24.2. The van der Waals surface area contributed by atoms with Crippen LogP contribution in [0.5, 0.6) is 0 Å². The Bertz CT molecular complexity index is 1180. The largest absolute Gasteiger partial charge is 0.416 e. The maximum atomic E-state index is 13.5. The van der Waals surface area contributed by atoms with Gasteiger partial charge in [0.05, 0.1) is 22.7 Å². The standard InChI is InChI=1S/C24H21F6N3/c1-22(2,3)19-13-33(17-11-15(23(25,26)27)10-16(12-17)24(28,29)30)21(32-19)18-8-4-6-14-7-5-9-31-20(14)18/h4-12,19H,13H2,1-3H3/t19-/m1/s1. The van der Waals surface area contributed by atoms with Gasteiger partial charge in [-0.25, -0.2) is 0 Å². The van der Waals surface area contributed by atoms with Crippen LogP contribution in [0.15, 0.2) is 59.7 Å². The van der Waals surface area contributed by atoms with Crippen LogP contribution in [-0.4, -0.2) is 23.4 Å². The van der Waals surface area contributed by atoms with Gasteiger partial charge in [0.25, 0.3) is 0 Å². The van der Waals surface area contributed by atoms with Crippen LogP contribution in [0.25, 0.3) is 10.9 Å². The molecule has 0 fully saturated rings. The molecule has 2 heterocycles. The van der Waals surface area contributed by atoms with E-state index in [1.165, 1.54) is 4.90 Å². The third-order valence-corrected chi connectivity index (χ3v) is 5.65. The lowest BCUT2D eigenvalue weighted by molar-refractivity contribution is -0.143. The van der Waals surface area contributed by atoms with E-state index < -0.39 is 23.5 Å². The van der Waals surface area contributed by atoms with Gasteiger partial charge in [-0.05, 0) is 35.7 Å².